The number of hydrogen-bond acceptors (Lipinski definition) is 2. The number of nitrogens with zero attached hydrogens (tertiary/aromatic N) is 2. The van der Waals surface area contributed by atoms with E-state index in [1.165, 1.54) is 5.56 Å². The second-order valence-corrected chi connectivity index (χ2v) is 6.55. The Hall–Kier alpha value is -1.59. The highest BCUT2D eigenvalue weighted by molar-refractivity contribution is 9.10. The molecule has 0 atom stereocenters. The summed E-state index contributed by atoms with van der Waals surface area (Å²) in [5.41, 5.74) is 1.99. The summed E-state index contributed by atoms with van der Waals surface area (Å²) >= 11 is 3.38. The molecule has 1 aliphatic rings. The van der Waals surface area contributed by atoms with Gasteiger partial charge in [-0.1, -0.05) is 30.3 Å². The molecule has 0 saturated carbocycles. The Morgan fingerprint density at radius 3 is 2.68 bits per heavy atom. The van der Waals surface area contributed by atoms with Crippen LogP contribution < -0.4 is 0 Å². The lowest BCUT2D eigenvalue weighted by Gasteiger charge is -2.21. The van der Waals surface area contributed by atoms with Crippen molar-refractivity contribution in [3.63, 3.8) is 0 Å². The maximum Gasteiger partial charge on any atom is 0.270 e. The molecule has 0 aliphatic carbocycles. The third kappa shape index (κ3) is 3.78. The van der Waals surface area contributed by atoms with Crippen LogP contribution in [0.1, 0.15) is 22.5 Å². The number of carbonyl (C=O) groups excluding carboxylic acids is 1. The van der Waals surface area contributed by atoms with Gasteiger partial charge < -0.3 is 9.88 Å². The molecule has 2 heterocycles. The largest absolute Gasteiger partial charge is 0.356 e. The van der Waals surface area contributed by atoms with Crippen LogP contribution in [0.15, 0.2) is 47.1 Å². The molecule has 3 rings (SSSR count). The Kier molecular flexibility index (Phi) is 4.95. The molecule has 116 valence electrons. The molecule has 0 radical (unpaired) electrons. The van der Waals surface area contributed by atoms with Gasteiger partial charge in [0.15, 0.2) is 0 Å². The molecular formula is C17H20BrN3O. The fourth-order valence-electron chi connectivity index (χ4n) is 2.84. The summed E-state index contributed by atoms with van der Waals surface area (Å²) in [4.78, 5) is 19.9. The van der Waals surface area contributed by atoms with E-state index in [-0.39, 0.29) is 5.91 Å². The maximum absolute atomic E-state index is 12.5. The molecule has 1 N–H and O–H groups in total. The lowest BCUT2D eigenvalue weighted by molar-refractivity contribution is 0.0756. The lowest BCUT2D eigenvalue weighted by Crippen LogP contribution is -2.35. The summed E-state index contributed by atoms with van der Waals surface area (Å²) < 4.78 is 0.913. The second-order valence-electron chi connectivity index (χ2n) is 5.64. The Morgan fingerprint density at radius 2 is 1.95 bits per heavy atom. The van der Waals surface area contributed by atoms with Crippen LogP contribution in [0.5, 0.6) is 0 Å². The standard InChI is InChI=1S/C17H20BrN3O/c18-15-11-16(19-12-15)17(22)21-8-4-7-20(9-10-21)13-14-5-2-1-3-6-14/h1-3,5-6,11-12,19H,4,7-10,13H2. The minimum Gasteiger partial charge on any atom is -0.356 e. The van der Waals surface area contributed by atoms with Gasteiger partial charge in [0.1, 0.15) is 5.69 Å². The van der Waals surface area contributed by atoms with Gasteiger partial charge in [-0.05, 0) is 34.0 Å². The van der Waals surface area contributed by atoms with Gasteiger partial charge in [-0.15, -0.1) is 0 Å². The summed E-state index contributed by atoms with van der Waals surface area (Å²) in [5.74, 6) is 0.0901. The maximum atomic E-state index is 12.5. The Balaban J connectivity index is 1.59. The quantitative estimate of drug-likeness (QED) is 0.911. The second kappa shape index (κ2) is 7.11. The van der Waals surface area contributed by atoms with Crippen LogP contribution >= 0.6 is 15.9 Å². The van der Waals surface area contributed by atoms with Gasteiger partial charge in [-0.2, -0.15) is 0 Å². The minimum atomic E-state index is 0.0901. The Morgan fingerprint density at radius 1 is 1.14 bits per heavy atom. The van der Waals surface area contributed by atoms with Crippen molar-refractivity contribution >= 4 is 21.8 Å². The number of carbonyl (C=O) groups is 1. The van der Waals surface area contributed by atoms with E-state index in [4.69, 9.17) is 0 Å². The van der Waals surface area contributed by atoms with Crippen LogP contribution in [0.3, 0.4) is 0 Å². The van der Waals surface area contributed by atoms with Gasteiger partial charge in [-0.25, -0.2) is 0 Å². The molecule has 0 bridgehead atoms. The average Bonchev–Trinajstić information content (AvgIpc) is 2.83. The third-order valence-corrected chi connectivity index (χ3v) is 4.46. The predicted octanol–water partition coefficient (Wildman–Crippen LogP) is 3.13. The van der Waals surface area contributed by atoms with Gasteiger partial charge in [0.25, 0.3) is 5.91 Å². The highest BCUT2D eigenvalue weighted by Gasteiger charge is 2.21. The van der Waals surface area contributed by atoms with E-state index in [2.05, 4.69) is 50.1 Å². The van der Waals surface area contributed by atoms with Gasteiger partial charge in [-0.3, -0.25) is 9.69 Å². The van der Waals surface area contributed by atoms with Gasteiger partial charge in [0, 0.05) is 43.4 Å². The lowest BCUT2D eigenvalue weighted by atomic mass is 10.2. The zero-order chi connectivity index (χ0) is 15.4. The molecule has 1 amide bonds. The van der Waals surface area contributed by atoms with Gasteiger partial charge in [0.2, 0.25) is 0 Å². The number of H-pyrrole nitrogens is 1. The van der Waals surface area contributed by atoms with Crippen molar-refractivity contribution in [1.29, 1.82) is 0 Å². The summed E-state index contributed by atoms with van der Waals surface area (Å²) in [7, 11) is 0. The van der Waals surface area contributed by atoms with Crippen molar-refractivity contribution in [3.05, 3.63) is 58.3 Å². The summed E-state index contributed by atoms with van der Waals surface area (Å²) in [6.07, 6.45) is 2.81. The number of nitrogens with one attached hydrogen (secondary N) is 1. The number of aromatic amines is 1. The van der Waals surface area contributed by atoms with Crippen LogP contribution in [-0.2, 0) is 6.54 Å². The predicted molar refractivity (Wildman–Crippen MR) is 90.7 cm³/mol. The third-order valence-electron chi connectivity index (χ3n) is 4.00. The zero-order valence-electron chi connectivity index (χ0n) is 12.5. The van der Waals surface area contributed by atoms with E-state index in [9.17, 15) is 4.79 Å². The number of aromatic nitrogens is 1. The molecule has 0 unspecified atom stereocenters. The molecule has 1 saturated heterocycles. The fraction of sp³-hybridized carbons (Fsp3) is 0.353. The molecule has 22 heavy (non-hydrogen) atoms. The van der Waals surface area contributed by atoms with E-state index in [0.717, 1.165) is 43.6 Å². The van der Waals surface area contributed by atoms with Crippen molar-refractivity contribution in [2.75, 3.05) is 26.2 Å². The van der Waals surface area contributed by atoms with Crippen molar-refractivity contribution in [2.24, 2.45) is 0 Å². The molecular weight excluding hydrogens is 342 g/mol. The van der Waals surface area contributed by atoms with Crippen molar-refractivity contribution in [2.45, 2.75) is 13.0 Å². The molecule has 5 heteroatoms. The van der Waals surface area contributed by atoms with Gasteiger partial charge >= 0.3 is 0 Å². The first-order valence-corrected chi connectivity index (χ1v) is 8.41. The molecule has 1 fully saturated rings. The first-order valence-electron chi connectivity index (χ1n) is 7.62. The molecule has 2 aromatic rings. The summed E-state index contributed by atoms with van der Waals surface area (Å²) in [5, 5.41) is 0. The average molecular weight is 362 g/mol. The van der Waals surface area contributed by atoms with Crippen molar-refractivity contribution in [3.8, 4) is 0 Å². The first kappa shape index (κ1) is 15.3. The van der Waals surface area contributed by atoms with E-state index < -0.39 is 0 Å². The number of amides is 1. The smallest absolute Gasteiger partial charge is 0.270 e. The Bertz CT molecular complexity index is 626. The van der Waals surface area contributed by atoms with Crippen LogP contribution in [0.25, 0.3) is 0 Å². The number of rotatable bonds is 3. The zero-order valence-corrected chi connectivity index (χ0v) is 14.1. The van der Waals surface area contributed by atoms with E-state index in [1.807, 2.05) is 17.0 Å². The Labute approximate surface area is 139 Å². The number of halogens is 1. The van der Waals surface area contributed by atoms with Crippen LogP contribution in [0.4, 0.5) is 0 Å². The van der Waals surface area contributed by atoms with E-state index in [0.29, 0.717) is 5.69 Å². The molecule has 1 aromatic heterocycles. The molecule has 1 aliphatic heterocycles. The van der Waals surface area contributed by atoms with Crippen LogP contribution in [-0.4, -0.2) is 46.9 Å². The van der Waals surface area contributed by atoms with Crippen LogP contribution in [0.2, 0.25) is 0 Å². The topological polar surface area (TPSA) is 39.3 Å². The van der Waals surface area contributed by atoms with Crippen LogP contribution in [0, 0.1) is 0 Å². The van der Waals surface area contributed by atoms with E-state index >= 15 is 0 Å². The van der Waals surface area contributed by atoms with Crippen molar-refractivity contribution < 1.29 is 4.79 Å². The van der Waals surface area contributed by atoms with Gasteiger partial charge in [0.05, 0.1) is 0 Å². The number of benzene rings is 1. The van der Waals surface area contributed by atoms with Crippen molar-refractivity contribution in [1.82, 2.24) is 14.8 Å². The number of hydrogen-bond donors (Lipinski definition) is 1. The van der Waals surface area contributed by atoms with E-state index in [1.54, 1.807) is 6.20 Å². The monoisotopic (exact) mass is 361 g/mol. The summed E-state index contributed by atoms with van der Waals surface area (Å²) in [6, 6.07) is 12.3. The molecule has 1 aromatic carbocycles. The summed E-state index contributed by atoms with van der Waals surface area (Å²) in [6.45, 7) is 4.51. The normalized spacial score (nSPS) is 16.5. The minimum absolute atomic E-state index is 0.0901. The molecule has 0 spiro atoms. The highest BCUT2D eigenvalue weighted by Crippen LogP contribution is 2.15. The highest BCUT2D eigenvalue weighted by atomic mass is 79.9. The SMILES string of the molecule is O=C(c1cc(Br)c[nH]1)N1CCCN(Cc2ccccc2)CC1. The fourth-order valence-corrected chi connectivity index (χ4v) is 3.18. The first-order chi connectivity index (χ1) is 10.7. The molecule has 4 nitrogen and oxygen atoms in total.